The molecule has 5 rings (SSSR count). The molecule has 0 N–H and O–H groups in total. The molecule has 0 spiro atoms. The van der Waals surface area contributed by atoms with E-state index in [1.54, 1.807) is 30.1 Å². The van der Waals surface area contributed by atoms with E-state index >= 15 is 0 Å². The molecular formula is C26H26N2O4S2. The molecule has 2 aromatic carbocycles. The smallest absolute Gasteiger partial charge is 0.267 e. The molecule has 8 heteroatoms. The first-order chi connectivity index (χ1) is 16.4. The van der Waals surface area contributed by atoms with E-state index in [2.05, 4.69) is 13.8 Å². The van der Waals surface area contributed by atoms with Crippen LogP contribution in [0.3, 0.4) is 0 Å². The predicted molar refractivity (Wildman–Crippen MR) is 137 cm³/mol. The lowest BCUT2D eigenvalue weighted by Crippen LogP contribution is -2.32. The third kappa shape index (κ3) is 4.21. The zero-order valence-corrected chi connectivity index (χ0v) is 21.2. The van der Waals surface area contributed by atoms with Gasteiger partial charge in [0.15, 0.2) is 5.16 Å². The zero-order chi connectivity index (χ0) is 23.9. The minimum Gasteiger partial charge on any atom is -0.497 e. The summed E-state index contributed by atoms with van der Waals surface area (Å²) in [6, 6.07) is 15.5. The van der Waals surface area contributed by atoms with E-state index in [0.717, 1.165) is 26.6 Å². The van der Waals surface area contributed by atoms with E-state index in [1.807, 2.05) is 48.5 Å². The van der Waals surface area contributed by atoms with Crippen molar-refractivity contribution < 1.29 is 14.2 Å². The second kappa shape index (κ2) is 9.09. The van der Waals surface area contributed by atoms with Gasteiger partial charge < -0.3 is 14.2 Å². The Labute approximate surface area is 206 Å². The van der Waals surface area contributed by atoms with Gasteiger partial charge in [0.05, 0.1) is 37.5 Å². The fraction of sp³-hybridized carbons (Fsp3) is 0.308. The number of thioether (sulfide) groups is 1. The average Bonchev–Trinajstić information content (AvgIpc) is 3.19. The number of benzene rings is 2. The lowest BCUT2D eigenvalue weighted by molar-refractivity contribution is -0.0379. The molecule has 2 aromatic heterocycles. The van der Waals surface area contributed by atoms with Crippen molar-refractivity contribution in [3.05, 3.63) is 74.9 Å². The van der Waals surface area contributed by atoms with Crippen molar-refractivity contribution in [2.45, 2.75) is 43.4 Å². The van der Waals surface area contributed by atoms with Gasteiger partial charge in [0, 0.05) is 17.1 Å². The standard InChI is InChI=1S/C26H26N2O4S2/c1-26(2)13-18-21(14-32-26)34-23-22(18)24(29)28(19-7-5-6-8-20(19)31-4)25(27-23)33-15-16-9-11-17(30-3)12-10-16/h5-12H,13-15H2,1-4H3. The largest absolute Gasteiger partial charge is 0.497 e. The number of rotatable bonds is 6. The van der Waals surface area contributed by atoms with Crippen LogP contribution in [-0.2, 0) is 23.5 Å². The molecule has 3 heterocycles. The Morgan fingerprint density at radius 1 is 1.12 bits per heavy atom. The lowest BCUT2D eigenvalue weighted by atomic mass is 9.94. The molecule has 0 radical (unpaired) electrons. The molecule has 0 saturated carbocycles. The maximum atomic E-state index is 14.1. The van der Waals surface area contributed by atoms with Crippen LogP contribution in [0.1, 0.15) is 29.9 Å². The number of methoxy groups -OCH3 is 2. The lowest BCUT2D eigenvalue weighted by Gasteiger charge is -2.30. The van der Waals surface area contributed by atoms with Gasteiger partial charge in [-0.05, 0) is 49.2 Å². The van der Waals surface area contributed by atoms with Crippen molar-refractivity contribution >= 4 is 33.3 Å². The van der Waals surface area contributed by atoms with E-state index in [4.69, 9.17) is 19.2 Å². The Bertz CT molecular complexity index is 1410. The molecule has 0 bridgehead atoms. The molecule has 6 nitrogen and oxygen atoms in total. The topological polar surface area (TPSA) is 62.6 Å². The molecule has 0 atom stereocenters. The van der Waals surface area contributed by atoms with Crippen LogP contribution in [0.25, 0.3) is 15.9 Å². The highest BCUT2D eigenvalue weighted by Crippen LogP contribution is 2.38. The molecule has 176 valence electrons. The summed E-state index contributed by atoms with van der Waals surface area (Å²) >= 11 is 3.09. The highest BCUT2D eigenvalue weighted by Gasteiger charge is 2.31. The Morgan fingerprint density at radius 3 is 2.62 bits per heavy atom. The molecule has 0 amide bonds. The normalized spacial score (nSPS) is 14.7. The first kappa shape index (κ1) is 23.0. The summed E-state index contributed by atoms with van der Waals surface area (Å²) in [6.07, 6.45) is 0.684. The van der Waals surface area contributed by atoms with Crippen LogP contribution in [0.5, 0.6) is 11.5 Å². The van der Waals surface area contributed by atoms with Crippen LogP contribution in [0.4, 0.5) is 0 Å². The Morgan fingerprint density at radius 2 is 1.88 bits per heavy atom. The van der Waals surface area contributed by atoms with Gasteiger partial charge in [0.1, 0.15) is 16.3 Å². The van der Waals surface area contributed by atoms with Gasteiger partial charge in [-0.25, -0.2) is 4.98 Å². The highest BCUT2D eigenvalue weighted by atomic mass is 32.2. The minimum absolute atomic E-state index is 0.0677. The third-order valence-corrected chi connectivity index (χ3v) is 8.04. The molecule has 0 saturated heterocycles. The number of hydrogen-bond acceptors (Lipinski definition) is 7. The summed E-state index contributed by atoms with van der Waals surface area (Å²) in [5, 5.41) is 1.33. The summed E-state index contributed by atoms with van der Waals surface area (Å²) in [5.41, 5.74) is 2.48. The highest BCUT2D eigenvalue weighted by molar-refractivity contribution is 7.98. The average molecular weight is 495 g/mol. The summed E-state index contributed by atoms with van der Waals surface area (Å²) in [4.78, 5) is 20.9. The third-order valence-electron chi connectivity index (χ3n) is 5.93. The van der Waals surface area contributed by atoms with Crippen LogP contribution in [0.15, 0.2) is 58.5 Å². The van der Waals surface area contributed by atoms with Crippen molar-refractivity contribution in [2.24, 2.45) is 0 Å². The second-order valence-corrected chi connectivity index (χ2v) is 10.8. The van der Waals surface area contributed by atoms with Gasteiger partial charge in [-0.1, -0.05) is 36.0 Å². The Hall–Kier alpha value is -2.81. The molecule has 0 unspecified atom stereocenters. The first-order valence-corrected chi connectivity index (χ1v) is 12.8. The molecule has 0 aliphatic carbocycles. The number of fused-ring (bicyclic) bond motifs is 3. The van der Waals surface area contributed by atoms with Gasteiger partial charge in [0.2, 0.25) is 0 Å². The van der Waals surface area contributed by atoms with Crippen molar-refractivity contribution in [1.82, 2.24) is 9.55 Å². The first-order valence-electron chi connectivity index (χ1n) is 11.0. The monoisotopic (exact) mass is 494 g/mol. The molecule has 34 heavy (non-hydrogen) atoms. The summed E-state index contributed by atoms with van der Waals surface area (Å²) in [6.45, 7) is 4.63. The van der Waals surface area contributed by atoms with E-state index in [-0.39, 0.29) is 11.2 Å². The molecular weight excluding hydrogens is 468 g/mol. The van der Waals surface area contributed by atoms with E-state index in [0.29, 0.717) is 40.8 Å². The number of hydrogen-bond donors (Lipinski definition) is 0. The maximum Gasteiger partial charge on any atom is 0.267 e. The number of para-hydroxylation sites is 2. The number of aromatic nitrogens is 2. The molecule has 1 aliphatic heterocycles. The molecule has 0 fully saturated rings. The van der Waals surface area contributed by atoms with Crippen LogP contribution in [0.2, 0.25) is 0 Å². The van der Waals surface area contributed by atoms with Gasteiger partial charge >= 0.3 is 0 Å². The van der Waals surface area contributed by atoms with Crippen LogP contribution < -0.4 is 15.0 Å². The summed E-state index contributed by atoms with van der Waals surface area (Å²) in [5.74, 6) is 2.11. The molecule has 4 aromatic rings. The van der Waals surface area contributed by atoms with Gasteiger partial charge in [-0.2, -0.15) is 0 Å². The van der Waals surface area contributed by atoms with Crippen molar-refractivity contribution in [3.63, 3.8) is 0 Å². The molecule has 1 aliphatic rings. The summed E-state index contributed by atoms with van der Waals surface area (Å²) < 4.78 is 18.6. The number of thiophene rings is 1. The quantitative estimate of drug-likeness (QED) is 0.257. The van der Waals surface area contributed by atoms with Crippen LogP contribution in [-0.4, -0.2) is 29.4 Å². The van der Waals surface area contributed by atoms with E-state index in [1.165, 1.54) is 11.8 Å². The number of nitrogens with zero attached hydrogens (tertiary/aromatic N) is 2. The Kier molecular flexibility index (Phi) is 6.14. The predicted octanol–water partition coefficient (Wildman–Crippen LogP) is 5.61. The summed E-state index contributed by atoms with van der Waals surface area (Å²) in [7, 11) is 3.27. The second-order valence-electron chi connectivity index (χ2n) is 8.75. The van der Waals surface area contributed by atoms with Gasteiger partial charge in [-0.3, -0.25) is 9.36 Å². The Balaban J connectivity index is 1.66. The van der Waals surface area contributed by atoms with Crippen molar-refractivity contribution in [2.75, 3.05) is 14.2 Å². The van der Waals surface area contributed by atoms with Crippen molar-refractivity contribution in [1.29, 1.82) is 0 Å². The fourth-order valence-corrected chi connectivity index (χ4v) is 6.27. The maximum absolute atomic E-state index is 14.1. The number of ether oxygens (including phenoxy) is 3. The van der Waals surface area contributed by atoms with Gasteiger partial charge in [0.25, 0.3) is 5.56 Å². The van der Waals surface area contributed by atoms with Crippen LogP contribution >= 0.6 is 23.1 Å². The SMILES string of the molecule is COc1ccc(CSc2nc3sc4c(c3c(=O)n2-c2ccccc2OC)CC(C)(C)OC4)cc1. The minimum atomic E-state index is -0.315. The van der Waals surface area contributed by atoms with E-state index < -0.39 is 0 Å². The zero-order valence-electron chi connectivity index (χ0n) is 19.6. The van der Waals surface area contributed by atoms with Crippen LogP contribution in [0, 0.1) is 0 Å². The fourth-order valence-electron chi connectivity index (χ4n) is 4.17. The van der Waals surface area contributed by atoms with E-state index in [9.17, 15) is 4.79 Å². The van der Waals surface area contributed by atoms with Gasteiger partial charge in [-0.15, -0.1) is 11.3 Å². The van der Waals surface area contributed by atoms with Crippen molar-refractivity contribution in [3.8, 4) is 17.2 Å².